The fourth-order valence-corrected chi connectivity index (χ4v) is 4.92. The molecule has 1 aromatic carbocycles. The molecule has 1 saturated heterocycles. The number of aryl methyl sites for hydroxylation is 1. The van der Waals surface area contributed by atoms with Gasteiger partial charge in [0.05, 0.1) is 11.3 Å². The zero-order valence-corrected chi connectivity index (χ0v) is 18.6. The zero-order valence-electron chi connectivity index (χ0n) is 17.8. The summed E-state index contributed by atoms with van der Waals surface area (Å²) in [6.07, 6.45) is 4.36. The quantitative estimate of drug-likeness (QED) is 0.562. The number of carbonyl (C=O) groups is 2. The molecule has 1 fully saturated rings. The van der Waals surface area contributed by atoms with Gasteiger partial charge in [0, 0.05) is 43.4 Å². The van der Waals surface area contributed by atoms with Crippen LogP contribution in [0.4, 0.5) is 11.6 Å². The summed E-state index contributed by atoms with van der Waals surface area (Å²) in [5.41, 5.74) is 2.76. The van der Waals surface area contributed by atoms with Crippen LogP contribution in [0.2, 0.25) is 0 Å². The standard InChI is InChI=1S/C24H23N5O2S/c1-2-17-6-8-18(9-7-17)29-22(30)20(19-5-3-16-32-19)21(23(29)31)27-12-14-28(15-13-27)24-25-10-4-11-26-24/h3-11,16H,2,12-15H2,1H3. The average Bonchev–Trinajstić information content (AvgIpc) is 3.46. The van der Waals surface area contributed by atoms with Gasteiger partial charge in [0.1, 0.15) is 5.70 Å². The molecule has 0 saturated carbocycles. The molecular weight excluding hydrogens is 422 g/mol. The van der Waals surface area contributed by atoms with Gasteiger partial charge in [-0.15, -0.1) is 11.3 Å². The summed E-state index contributed by atoms with van der Waals surface area (Å²) >= 11 is 1.48. The Hall–Kier alpha value is -3.52. The van der Waals surface area contributed by atoms with Crippen molar-refractivity contribution in [1.82, 2.24) is 14.9 Å². The molecule has 162 valence electrons. The Kier molecular flexibility index (Phi) is 5.45. The van der Waals surface area contributed by atoms with Gasteiger partial charge < -0.3 is 9.80 Å². The van der Waals surface area contributed by atoms with Crippen LogP contribution in [-0.4, -0.2) is 52.9 Å². The summed E-state index contributed by atoms with van der Waals surface area (Å²) in [7, 11) is 0. The Labute approximate surface area is 190 Å². The Bertz CT molecular complexity index is 1150. The molecule has 0 aliphatic carbocycles. The Balaban J connectivity index is 1.46. The van der Waals surface area contributed by atoms with Crippen LogP contribution in [0.5, 0.6) is 0 Å². The average molecular weight is 446 g/mol. The van der Waals surface area contributed by atoms with E-state index in [-0.39, 0.29) is 11.8 Å². The van der Waals surface area contributed by atoms with Gasteiger partial charge in [0.25, 0.3) is 11.8 Å². The van der Waals surface area contributed by atoms with Crippen molar-refractivity contribution in [2.75, 3.05) is 36.0 Å². The molecular formula is C24H23N5O2S. The predicted molar refractivity (Wildman–Crippen MR) is 125 cm³/mol. The number of nitrogens with zero attached hydrogens (tertiary/aromatic N) is 5. The van der Waals surface area contributed by atoms with E-state index >= 15 is 0 Å². The predicted octanol–water partition coefficient (Wildman–Crippen LogP) is 3.21. The third-order valence-electron chi connectivity index (χ3n) is 5.86. The lowest BCUT2D eigenvalue weighted by Gasteiger charge is -2.36. The molecule has 3 aromatic rings. The molecule has 7 nitrogen and oxygen atoms in total. The number of amides is 2. The Morgan fingerprint density at radius 2 is 1.56 bits per heavy atom. The number of rotatable bonds is 5. The van der Waals surface area contributed by atoms with Gasteiger partial charge >= 0.3 is 0 Å². The molecule has 0 radical (unpaired) electrons. The Morgan fingerprint density at radius 3 is 2.19 bits per heavy atom. The van der Waals surface area contributed by atoms with Crippen molar-refractivity contribution >= 4 is 40.4 Å². The molecule has 32 heavy (non-hydrogen) atoms. The molecule has 0 N–H and O–H groups in total. The van der Waals surface area contributed by atoms with Crippen LogP contribution in [0.3, 0.4) is 0 Å². The summed E-state index contributed by atoms with van der Waals surface area (Å²) < 4.78 is 0. The molecule has 2 aliphatic rings. The van der Waals surface area contributed by atoms with E-state index in [1.807, 2.05) is 46.7 Å². The van der Waals surface area contributed by atoms with Crippen molar-refractivity contribution < 1.29 is 9.59 Å². The van der Waals surface area contributed by atoms with Gasteiger partial charge in [-0.1, -0.05) is 25.1 Å². The van der Waals surface area contributed by atoms with Crippen molar-refractivity contribution in [2.24, 2.45) is 0 Å². The third kappa shape index (κ3) is 3.56. The highest BCUT2D eigenvalue weighted by molar-refractivity contribution is 7.11. The monoisotopic (exact) mass is 445 g/mol. The van der Waals surface area contributed by atoms with Crippen LogP contribution < -0.4 is 9.80 Å². The van der Waals surface area contributed by atoms with Crippen LogP contribution in [0.15, 0.2) is 65.9 Å². The number of thiophene rings is 1. The SMILES string of the molecule is CCc1ccc(N2C(=O)C(c3cccs3)=C(N3CCN(c4ncccn4)CC3)C2=O)cc1. The van der Waals surface area contributed by atoms with Gasteiger partial charge in [-0.2, -0.15) is 0 Å². The summed E-state index contributed by atoms with van der Waals surface area (Å²) in [5.74, 6) is 0.170. The van der Waals surface area contributed by atoms with Crippen LogP contribution in [-0.2, 0) is 16.0 Å². The van der Waals surface area contributed by atoms with Crippen molar-refractivity contribution in [3.05, 3.63) is 76.4 Å². The lowest BCUT2D eigenvalue weighted by atomic mass is 10.1. The van der Waals surface area contributed by atoms with E-state index in [9.17, 15) is 9.59 Å². The minimum atomic E-state index is -0.259. The van der Waals surface area contributed by atoms with E-state index in [0.717, 1.165) is 11.3 Å². The normalized spacial score (nSPS) is 17.0. The van der Waals surface area contributed by atoms with Crippen molar-refractivity contribution in [3.8, 4) is 0 Å². The van der Waals surface area contributed by atoms with Crippen molar-refractivity contribution in [1.29, 1.82) is 0 Å². The number of benzene rings is 1. The fourth-order valence-electron chi connectivity index (χ4n) is 4.15. The highest BCUT2D eigenvalue weighted by atomic mass is 32.1. The van der Waals surface area contributed by atoms with E-state index in [0.29, 0.717) is 49.1 Å². The summed E-state index contributed by atoms with van der Waals surface area (Å²) in [5, 5.41) is 1.93. The van der Waals surface area contributed by atoms with Gasteiger partial charge in [0.15, 0.2) is 0 Å². The number of hydrogen-bond donors (Lipinski definition) is 0. The molecule has 0 atom stereocenters. The van der Waals surface area contributed by atoms with Crippen LogP contribution in [0.1, 0.15) is 17.4 Å². The lowest BCUT2D eigenvalue weighted by molar-refractivity contribution is -0.120. The molecule has 0 spiro atoms. The number of piperazine rings is 1. The van der Waals surface area contributed by atoms with Crippen LogP contribution in [0.25, 0.3) is 5.57 Å². The largest absolute Gasteiger partial charge is 0.363 e. The van der Waals surface area contributed by atoms with Gasteiger partial charge in [0.2, 0.25) is 5.95 Å². The molecule has 0 unspecified atom stereocenters. The first-order valence-electron chi connectivity index (χ1n) is 10.7. The molecule has 2 aromatic heterocycles. The zero-order chi connectivity index (χ0) is 22.1. The molecule has 0 bridgehead atoms. The highest BCUT2D eigenvalue weighted by Gasteiger charge is 2.43. The van der Waals surface area contributed by atoms with E-state index in [1.54, 1.807) is 18.5 Å². The first kappa shape index (κ1) is 20.4. The van der Waals surface area contributed by atoms with E-state index in [4.69, 9.17) is 0 Å². The fraction of sp³-hybridized carbons (Fsp3) is 0.250. The summed E-state index contributed by atoms with van der Waals surface area (Å²) in [6, 6.07) is 13.3. The second-order valence-electron chi connectivity index (χ2n) is 7.69. The maximum absolute atomic E-state index is 13.6. The second-order valence-corrected chi connectivity index (χ2v) is 8.64. The van der Waals surface area contributed by atoms with E-state index in [2.05, 4.69) is 21.8 Å². The minimum Gasteiger partial charge on any atom is -0.363 e. The maximum atomic E-state index is 13.6. The minimum absolute atomic E-state index is 0.257. The maximum Gasteiger partial charge on any atom is 0.282 e. The molecule has 5 rings (SSSR count). The number of carbonyl (C=O) groups excluding carboxylic acids is 2. The van der Waals surface area contributed by atoms with E-state index < -0.39 is 0 Å². The number of anilines is 2. The molecule has 2 amide bonds. The number of hydrogen-bond acceptors (Lipinski definition) is 7. The molecule has 8 heteroatoms. The van der Waals surface area contributed by atoms with Crippen LogP contribution in [0, 0.1) is 0 Å². The number of aromatic nitrogens is 2. The Morgan fingerprint density at radius 1 is 0.875 bits per heavy atom. The molecule has 2 aliphatic heterocycles. The smallest absolute Gasteiger partial charge is 0.282 e. The number of imide groups is 1. The second kappa shape index (κ2) is 8.55. The van der Waals surface area contributed by atoms with Gasteiger partial charge in [-0.25, -0.2) is 14.9 Å². The van der Waals surface area contributed by atoms with Crippen LogP contribution >= 0.6 is 11.3 Å². The van der Waals surface area contributed by atoms with Gasteiger partial charge in [-0.3, -0.25) is 9.59 Å². The summed E-state index contributed by atoms with van der Waals surface area (Å²) in [6.45, 7) is 4.67. The topological polar surface area (TPSA) is 69.6 Å². The van der Waals surface area contributed by atoms with Crippen molar-refractivity contribution in [3.63, 3.8) is 0 Å². The summed E-state index contributed by atoms with van der Waals surface area (Å²) in [4.78, 5) is 42.0. The third-order valence-corrected chi connectivity index (χ3v) is 6.75. The van der Waals surface area contributed by atoms with Crippen molar-refractivity contribution in [2.45, 2.75) is 13.3 Å². The van der Waals surface area contributed by atoms with Gasteiger partial charge in [-0.05, 0) is 41.6 Å². The molecule has 4 heterocycles. The van der Waals surface area contributed by atoms with E-state index in [1.165, 1.54) is 21.8 Å². The first-order chi connectivity index (χ1) is 15.7. The lowest BCUT2D eigenvalue weighted by Crippen LogP contribution is -2.48. The first-order valence-corrected chi connectivity index (χ1v) is 11.6. The highest BCUT2D eigenvalue weighted by Crippen LogP contribution is 2.37.